The molecule has 0 bridgehead atoms. The van der Waals surface area contributed by atoms with Crippen LogP contribution in [0, 0.1) is 0 Å². The van der Waals surface area contributed by atoms with Crippen LogP contribution in [-0.4, -0.2) is 34.9 Å². The van der Waals surface area contributed by atoms with Crippen LogP contribution < -0.4 is 5.32 Å². The topological polar surface area (TPSA) is 69.6 Å². The quantitative estimate of drug-likeness (QED) is 0.0750. The van der Waals surface area contributed by atoms with Crippen molar-refractivity contribution in [2.24, 2.45) is 0 Å². The largest absolute Gasteiger partial charge is 0.394 e. The summed E-state index contributed by atoms with van der Waals surface area (Å²) in [7, 11) is 0. The van der Waals surface area contributed by atoms with E-state index in [2.05, 4.69) is 43.5 Å². The molecular formula is C33H61NO3. The molecule has 0 radical (unpaired) electrons. The second-order valence-electron chi connectivity index (χ2n) is 10.5. The molecule has 3 N–H and O–H groups in total. The van der Waals surface area contributed by atoms with Crippen molar-refractivity contribution in [1.29, 1.82) is 0 Å². The Kier molecular flexibility index (Phi) is 28.1. The molecule has 0 heterocycles. The van der Waals surface area contributed by atoms with E-state index in [-0.39, 0.29) is 12.5 Å². The Balaban J connectivity index is 3.71. The minimum Gasteiger partial charge on any atom is -0.394 e. The van der Waals surface area contributed by atoms with Gasteiger partial charge in [0.05, 0.1) is 18.8 Å². The average molecular weight is 520 g/mol. The zero-order valence-corrected chi connectivity index (χ0v) is 24.5. The van der Waals surface area contributed by atoms with Crippen molar-refractivity contribution in [3.8, 4) is 0 Å². The van der Waals surface area contributed by atoms with Gasteiger partial charge in [-0.15, -0.1) is 0 Å². The number of nitrogens with one attached hydrogen (secondary N) is 1. The first kappa shape index (κ1) is 35.6. The summed E-state index contributed by atoms with van der Waals surface area (Å²) >= 11 is 0. The molecule has 0 aromatic carbocycles. The predicted molar refractivity (Wildman–Crippen MR) is 161 cm³/mol. The second-order valence-corrected chi connectivity index (χ2v) is 10.5. The number of carbonyl (C=O) groups excluding carboxylic acids is 1. The lowest BCUT2D eigenvalue weighted by Crippen LogP contribution is -2.45. The van der Waals surface area contributed by atoms with E-state index >= 15 is 0 Å². The molecule has 4 heteroatoms. The zero-order chi connectivity index (χ0) is 27.2. The average Bonchev–Trinajstić information content (AvgIpc) is 2.90. The molecule has 0 saturated carbocycles. The normalized spacial score (nSPS) is 13.7. The molecule has 0 aromatic heterocycles. The van der Waals surface area contributed by atoms with Gasteiger partial charge >= 0.3 is 0 Å². The summed E-state index contributed by atoms with van der Waals surface area (Å²) in [6, 6.07) is -0.636. The molecule has 2 unspecified atom stereocenters. The smallest absolute Gasteiger partial charge is 0.220 e. The second kappa shape index (κ2) is 29.2. The van der Waals surface area contributed by atoms with Gasteiger partial charge in [0, 0.05) is 6.42 Å². The molecule has 0 aliphatic carbocycles. The van der Waals surface area contributed by atoms with Crippen molar-refractivity contribution in [3.63, 3.8) is 0 Å². The number of unbranched alkanes of at least 4 members (excludes halogenated alkanes) is 16. The summed E-state index contributed by atoms with van der Waals surface area (Å²) in [5.41, 5.74) is 0. The summed E-state index contributed by atoms with van der Waals surface area (Å²) in [5.74, 6) is -0.0843. The first-order chi connectivity index (χ1) is 18.2. The van der Waals surface area contributed by atoms with E-state index in [1.807, 2.05) is 6.08 Å². The third-order valence-corrected chi connectivity index (χ3v) is 6.85. The van der Waals surface area contributed by atoms with Crippen LogP contribution >= 0.6 is 0 Å². The summed E-state index contributed by atoms with van der Waals surface area (Å²) in [5, 5.41) is 22.7. The monoisotopic (exact) mass is 519 g/mol. The molecule has 2 atom stereocenters. The van der Waals surface area contributed by atoms with Crippen LogP contribution in [0.25, 0.3) is 0 Å². The lowest BCUT2D eigenvalue weighted by Gasteiger charge is -2.19. The Morgan fingerprint density at radius 2 is 1.05 bits per heavy atom. The van der Waals surface area contributed by atoms with Crippen LogP contribution in [0.15, 0.2) is 36.5 Å². The Bertz CT molecular complexity index is 570. The van der Waals surface area contributed by atoms with Crippen molar-refractivity contribution < 1.29 is 15.0 Å². The summed E-state index contributed by atoms with van der Waals surface area (Å²) in [4.78, 5) is 12.2. The van der Waals surface area contributed by atoms with Crippen LogP contribution in [0.3, 0.4) is 0 Å². The lowest BCUT2D eigenvalue weighted by molar-refractivity contribution is -0.123. The molecule has 0 rings (SSSR count). The van der Waals surface area contributed by atoms with E-state index in [9.17, 15) is 15.0 Å². The first-order valence-corrected chi connectivity index (χ1v) is 15.7. The van der Waals surface area contributed by atoms with Gasteiger partial charge in [-0.25, -0.2) is 0 Å². The molecule has 4 nitrogen and oxygen atoms in total. The summed E-state index contributed by atoms with van der Waals surface area (Å²) in [6.45, 7) is 4.22. The van der Waals surface area contributed by atoms with Crippen LogP contribution in [0.2, 0.25) is 0 Å². The fourth-order valence-electron chi connectivity index (χ4n) is 4.36. The van der Waals surface area contributed by atoms with E-state index in [4.69, 9.17) is 0 Å². The highest BCUT2D eigenvalue weighted by molar-refractivity contribution is 5.76. The van der Waals surface area contributed by atoms with Gasteiger partial charge in [0.25, 0.3) is 0 Å². The van der Waals surface area contributed by atoms with Crippen LogP contribution in [-0.2, 0) is 4.79 Å². The maximum absolute atomic E-state index is 12.2. The molecule has 0 aliphatic rings. The van der Waals surface area contributed by atoms with Gasteiger partial charge in [-0.05, 0) is 57.8 Å². The summed E-state index contributed by atoms with van der Waals surface area (Å²) in [6.07, 6.45) is 36.4. The Labute approximate surface area is 230 Å². The number of hydrogen-bond acceptors (Lipinski definition) is 3. The minimum atomic E-state index is -0.858. The Hall–Kier alpha value is -1.39. The van der Waals surface area contributed by atoms with Gasteiger partial charge in [-0.2, -0.15) is 0 Å². The number of aliphatic hydroxyl groups excluding tert-OH is 2. The number of aliphatic hydroxyl groups is 2. The van der Waals surface area contributed by atoms with Gasteiger partial charge < -0.3 is 15.5 Å². The standard InChI is InChI=1S/C33H61NO3/c1-3-5-7-9-11-13-15-16-17-18-19-21-23-25-27-29-33(37)34-31(30-35)32(36)28-26-24-22-20-14-12-10-8-6-4-2/h13-15,20,26,28,31-32,35-36H,3-12,16-19,21-25,27,29-30H2,1-2H3,(H,34,37)/b15-13-,20-14+,28-26+. The first-order valence-electron chi connectivity index (χ1n) is 15.7. The number of carbonyl (C=O) groups is 1. The Morgan fingerprint density at radius 3 is 1.57 bits per heavy atom. The number of allylic oxidation sites excluding steroid dienone is 5. The highest BCUT2D eigenvalue weighted by Gasteiger charge is 2.17. The number of amides is 1. The van der Waals surface area contributed by atoms with E-state index in [0.29, 0.717) is 6.42 Å². The van der Waals surface area contributed by atoms with E-state index < -0.39 is 12.1 Å². The number of rotatable bonds is 27. The zero-order valence-electron chi connectivity index (χ0n) is 24.5. The predicted octanol–water partition coefficient (Wildman–Crippen LogP) is 8.72. The Morgan fingerprint density at radius 1 is 0.622 bits per heavy atom. The lowest BCUT2D eigenvalue weighted by atomic mass is 10.1. The minimum absolute atomic E-state index is 0.0843. The van der Waals surface area contributed by atoms with Gasteiger partial charge in [0.15, 0.2) is 0 Å². The fourth-order valence-corrected chi connectivity index (χ4v) is 4.36. The van der Waals surface area contributed by atoms with Crippen molar-refractivity contribution >= 4 is 5.91 Å². The van der Waals surface area contributed by atoms with Crippen LogP contribution in [0.4, 0.5) is 0 Å². The highest BCUT2D eigenvalue weighted by atomic mass is 16.3. The molecular weight excluding hydrogens is 458 g/mol. The molecule has 0 spiro atoms. The molecule has 216 valence electrons. The van der Waals surface area contributed by atoms with Gasteiger partial charge in [-0.3, -0.25) is 4.79 Å². The SMILES string of the molecule is CCCCCC/C=C\CCCCCCCCCC(=O)NC(CO)C(O)/C=C/CC/C=C/CCCCCC. The molecule has 0 aliphatic heterocycles. The van der Waals surface area contributed by atoms with Crippen molar-refractivity contribution in [2.75, 3.05) is 6.61 Å². The summed E-state index contributed by atoms with van der Waals surface area (Å²) < 4.78 is 0. The van der Waals surface area contributed by atoms with Crippen LogP contribution in [0.5, 0.6) is 0 Å². The van der Waals surface area contributed by atoms with E-state index in [1.54, 1.807) is 6.08 Å². The van der Waals surface area contributed by atoms with Crippen molar-refractivity contribution in [3.05, 3.63) is 36.5 Å². The van der Waals surface area contributed by atoms with Gasteiger partial charge in [-0.1, -0.05) is 121 Å². The maximum Gasteiger partial charge on any atom is 0.220 e. The van der Waals surface area contributed by atoms with E-state index in [0.717, 1.165) is 32.1 Å². The maximum atomic E-state index is 12.2. The fraction of sp³-hybridized carbons (Fsp3) is 0.788. The third-order valence-electron chi connectivity index (χ3n) is 6.85. The molecule has 0 saturated heterocycles. The van der Waals surface area contributed by atoms with Gasteiger partial charge in [0.2, 0.25) is 5.91 Å². The van der Waals surface area contributed by atoms with Gasteiger partial charge in [0.1, 0.15) is 0 Å². The van der Waals surface area contributed by atoms with Crippen LogP contribution in [0.1, 0.15) is 149 Å². The number of hydrogen-bond donors (Lipinski definition) is 3. The third kappa shape index (κ3) is 26.0. The molecule has 0 fully saturated rings. The molecule has 1 amide bonds. The molecule has 37 heavy (non-hydrogen) atoms. The van der Waals surface area contributed by atoms with E-state index in [1.165, 1.54) is 96.3 Å². The molecule has 0 aromatic rings. The highest BCUT2D eigenvalue weighted by Crippen LogP contribution is 2.11. The van der Waals surface area contributed by atoms with Crippen molar-refractivity contribution in [1.82, 2.24) is 5.32 Å². The van der Waals surface area contributed by atoms with Crippen molar-refractivity contribution in [2.45, 2.75) is 161 Å².